The first kappa shape index (κ1) is 36.8. The van der Waals surface area contributed by atoms with E-state index in [9.17, 15) is 0 Å². The van der Waals surface area contributed by atoms with Crippen LogP contribution < -0.4 is 48.9 Å². The lowest BCUT2D eigenvalue weighted by Gasteiger charge is -2.24. The zero-order valence-electron chi connectivity index (χ0n) is 32.7. The fourth-order valence-electron chi connectivity index (χ4n) is 7.91. The molecule has 59 heavy (non-hydrogen) atoms. The molecule has 0 amide bonds. The number of halogens is 2. The van der Waals surface area contributed by atoms with E-state index in [1.807, 2.05) is 48.5 Å². The lowest BCUT2D eigenvalue weighted by atomic mass is 10.1. The first-order valence-corrected chi connectivity index (χ1v) is 21.8. The Morgan fingerprint density at radius 3 is 0.932 bits per heavy atom. The van der Waals surface area contributed by atoms with Crippen molar-refractivity contribution in [2.24, 2.45) is 30.0 Å². The number of aliphatic imine (C=N–C) groups is 4. The molecule has 6 heterocycles. The summed E-state index contributed by atoms with van der Waals surface area (Å²) in [6.07, 6.45) is 0. The molecule has 4 aromatic carbocycles. The Hall–Kier alpha value is -6.56. The molecule has 6 aromatic rings. The average Bonchev–Trinajstić information content (AvgIpc) is 3.95. The number of amidine groups is 4. The van der Waals surface area contributed by atoms with Crippen LogP contribution >= 0.6 is 22.2 Å². The standard InChI is InChI=1S/C40H32Cl2N8O8Si/c1-51-25-9-17-18(10-26(25)52-2)34-43-33(17)45-37-21-13-29(55-5)30(56-6)14-22(21)39-47-35-19-11-27(53-3)28(54-4)12-20(19)36(44-35)48-40-24-16-32(58-8)31(57-7)15-23(24)38(46-34)50(40)59(41,42)49(37)39/h9-16H,1-8H3/b45-33-,45-37?,46-34?,46-38-,47-35-,47-39?,48-36?,48-40-. The third-order valence-electron chi connectivity index (χ3n) is 10.7. The van der Waals surface area contributed by atoms with Crippen LogP contribution in [0.25, 0.3) is 21.5 Å². The molecule has 16 nitrogen and oxygen atoms in total. The minimum Gasteiger partial charge on any atom is -0.493 e. The van der Waals surface area contributed by atoms with Crippen molar-refractivity contribution in [1.82, 2.24) is 8.47 Å². The Bertz CT molecular complexity index is 2960. The second-order valence-corrected chi connectivity index (χ2v) is 19.1. The SMILES string of the molecule is COc1cc2c(cc1OC)/C1=N/c3c4cc(OC)c(OC)cc4c4n3[Si](Cl)(Cl)n3/c(c5cc(OC)c(OC)cc5/c3=N/C3=NC(=N\4)/c4cc(OC)c(OC)cc43)=N\C2=N1. The molecule has 0 fully saturated rings. The molecule has 0 spiro atoms. The van der Waals surface area contributed by atoms with Gasteiger partial charge in [0, 0.05) is 43.8 Å². The Morgan fingerprint density at radius 1 is 0.356 bits per heavy atom. The Morgan fingerprint density at radius 2 is 0.627 bits per heavy atom. The van der Waals surface area contributed by atoms with Gasteiger partial charge in [0.25, 0.3) is 0 Å². The molecule has 0 atom stereocenters. The maximum absolute atomic E-state index is 8.05. The summed E-state index contributed by atoms with van der Waals surface area (Å²) >= 11 is 16.1. The number of nitrogens with zero attached hydrogens (tertiary/aromatic N) is 8. The predicted molar refractivity (Wildman–Crippen MR) is 225 cm³/mol. The highest BCUT2D eigenvalue weighted by atomic mass is 35.7. The van der Waals surface area contributed by atoms with E-state index in [-0.39, 0.29) is 0 Å². The van der Waals surface area contributed by atoms with E-state index in [0.717, 1.165) is 0 Å². The van der Waals surface area contributed by atoms with Gasteiger partial charge in [-0.05, 0) is 48.5 Å². The Kier molecular flexibility index (Phi) is 8.24. The van der Waals surface area contributed by atoms with Crippen LogP contribution in [-0.4, -0.2) is 95.7 Å². The number of benzene rings is 4. The molecule has 6 bridgehead atoms. The second kappa shape index (κ2) is 13.2. The first-order valence-electron chi connectivity index (χ1n) is 17.9. The number of aromatic nitrogens is 2. The van der Waals surface area contributed by atoms with Gasteiger partial charge in [0.2, 0.25) is 0 Å². The molecular formula is C40H32Cl2N8O8Si. The van der Waals surface area contributed by atoms with Gasteiger partial charge in [-0.25, -0.2) is 30.0 Å². The van der Waals surface area contributed by atoms with Gasteiger partial charge in [0.1, 0.15) is 22.6 Å². The number of ether oxygens (including phenoxy) is 8. The van der Waals surface area contributed by atoms with Crippen molar-refractivity contribution in [1.29, 1.82) is 0 Å². The number of fused-ring (bicyclic) bond motifs is 14. The van der Waals surface area contributed by atoms with E-state index in [0.29, 0.717) is 136 Å². The molecule has 0 radical (unpaired) electrons. The van der Waals surface area contributed by atoms with Gasteiger partial charge in [0.15, 0.2) is 69.3 Å². The summed E-state index contributed by atoms with van der Waals surface area (Å²) in [4.78, 5) is 31.2. The van der Waals surface area contributed by atoms with Crippen LogP contribution in [-0.2, 0) is 0 Å². The molecule has 10 rings (SSSR count). The molecule has 298 valence electrons. The van der Waals surface area contributed by atoms with Crippen LogP contribution in [0.4, 0.5) is 11.6 Å². The zero-order valence-corrected chi connectivity index (χ0v) is 35.2. The average molecular weight is 852 g/mol. The first-order chi connectivity index (χ1) is 28.6. The second-order valence-electron chi connectivity index (χ2n) is 13.5. The normalized spacial score (nSPS) is 18.0. The van der Waals surface area contributed by atoms with Crippen molar-refractivity contribution in [3.05, 3.63) is 81.8 Å². The molecule has 0 N–H and O–H groups in total. The summed E-state index contributed by atoms with van der Waals surface area (Å²) in [5.74, 6) is 5.58. The molecule has 4 aliphatic heterocycles. The van der Waals surface area contributed by atoms with Gasteiger partial charge in [-0.2, -0.15) is 0 Å². The summed E-state index contributed by atoms with van der Waals surface area (Å²) in [6, 6.07) is 14.5. The van der Waals surface area contributed by atoms with Gasteiger partial charge < -0.3 is 37.9 Å². The van der Waals surface area contributed by atoms with Crippen LogP contribution in [0, 0.1) is 0 Å². The molecule has 0 saturated heterocycles. The summed E-state index contributed by atoms with van der Waals surface area (Å²) in [5, 5.41) is 2.35. The van der Waals surface area contributed by atoms with Crippen molar-refractivity contribution in [3.8, 4) is 46.0 Å². The number of hydrogen-bond donors (Lipinski definition) is 0. The van der Waals surface area contributed by atoms with E-state index in [1.165, 1.54) is 0 Å². The smallest absolute Gasteiger partial charge is 0.483 e. The lowest BCUT2D eigenvalue weighted by molar-refractivity contribution is 0.355. The zero-order chi connectivity index (χ0) is 41.1. The highest BCUT2D eigenvalue weighted by molar-refractivity contribution is 7.44. The Balaban J connectivity index is 1.49. The summed E-state index contributed by atoms with van der Waals surface area (Å²) in [6.45, 7) is 0. The van der Waals surface area contributed by atoms with Crippen molar-refractivity contribution >= 4 is 85.7 Å². The van der Waals surface area contributed by atoms with Crippen LogP contribution in [0.3, 0.4) is 0 Å². The predicted octanol–water partition coefficient (Wildman–Crippen LogP) is 5.92. The maximum Gasteiger partial charge on any atom is 0.483 e. The van der Waals surface area contributed by atoms with Crippen LogP contribution in [0.5, 0.6) is 46.0 Å². The van der Waals surface area contributed by atoms with Gasteiger partial charge in [-0.15, -0.1) is 0 Å². The quantitative estimate of drug-likeness (QED) is 0.135. The van der Waals surface area contributed by atoms with Gasteiger partial charge >= 0.3 is 7.02 Å². The molecule has 19 heteroatoms. The van der Waals surface area contributed by atoms with Crippen molar-refractivity contribution in [2.45, 2.75) is 0 Å². The highest BCUT2D eigenvalue weighted by Crippen LogP contribution is 2.49. The molecular weight excluding hydrogens is 819 g/mol. The minimum absolute atomic E-state index is 0.316. The Labute approximate surface area is 345 Å². The monoisotopic (exact) mass is 850 g/mol. The lowest BCUT2D eigenvalue weighted by Crippen LogP contribution is -2.51. The fourth-order valence-corrected chi connectivity index (χ4v) is 11.7. The van der Waals surface area contributed by atoms with Crippen LogP contribution in [0.1, 0.15) is 22.3 Å². The van der Waals surface area contributed by atoms with Crippen LogP contribution in [0.2, 0.25) is 0 Å². The number of rotatable bonds is 8. The van der Waals surface area contributed by atoms with Crippen molar-refractivity contribution < 1.29 is 37.9 Å². The van der Waals surface area contributed by atoms with Crippen molar-refractivity contribution in [2.75, 3.05) is 56.9 Å². The summed E-state index contributed by atoms with van der Waals surface area (Å²) < 4.78 is 49.7. The maximum atomic E-state index is 8.05. The van der Waals surface area contributed by atoms with Crippen LogP contribution in [0.15, 0.2) is 78.5 Å². The molecule has 0 unspecified atom stereocenters. The van der Waals surface area contributed by atoms with E-state index < -0.39 is 7.02 Å². The van der Waals surface area contributed by atoms with Crippen molar-refractivity contribution in [3.63, 3.8) is 0 Å². The van der Waals surface area contributed by atoms with E-state index in [1.54, 1.807) is 65.3 Å². The summed E-state index contributed by atoms with van der Waals surface area (Å²) in [7, 11) is 8.19. The van der Waals surface area contributed by atoms with Gasteiger partial charge in [-0.3, -0.25) is 8.47 Å². The minimum atomic E-state index is -4.30. The van der Waals surface area contributed by atoms with Gasteiger partial charge in [-0.1, -0.05) is 22.2 Å². The van der Waals surface area contributed by atoms with Gasteiger partial charge in [0.05, 0.1) is 56.9 Å². The summed E-state index contributed by atoms with van der Waals surface area (Å²) in [5.41, 5.74) is 3.18. The highest BCUT2D eigenvalue weighted by Gasteiger charge is 2.46. The van der Waals surface area contributed by atoms with E-state index >= 15 is 0 Å². The third kappa shape index (κ3) is 5.07. The van der Waals surface area contributed by atoms with E-state index in [2.05, 4.69) is 0 Å². The number of methoxy groups -OCH3 is 8. The molecule has 0 aliphatic carbocycles. The molecule has 2 aromatic heterocycles. The largest absolute Gasteiger partial charge is 0.493 e. The number of hydrogen-bond acceptors (Lipinski definition) is 14. The van der Waals surface area contributed by atoms with E-state index in [4.69, 9.17) is 90.0 Å². The third-order valence-corrected chi connectivity index (χ3v) is 14.6. The topological polar surface area (TPSA) is 158 Å². The molecule has 0 saturated carbocycles. The fraction of sp³-hybridized carbons (Fsp3) is 0.200. The molecule has 4 aliphatic rings.